The third-order valence-electron chi connectivity index (χ3n) is 16.2. The van der Waals surface area contributed by atoms with Crippen LogP contribution in [0.2, 0.25) is 0 Å². The molecule has 0 saturated carbocycles. The zero-order valence-electron chi connectivity index (χ0n) is 37.0. The molecule has 1 unspecified atom stereocenters. The average molecular weight is 861 g/mol. The van der Waals surface area contributed by atoms with Gasteiger partial charge < -0.3 is 9.47 Å². The quantitative estimate of drug-likeness (QED) is 0.172. The fourth-order valence-corrected chi connectivity index (χ4v) is 13.8. The maximum atomic E-state index is 2.59. The number of anilines is 3. The molecule has 0 amide bonds. The summed E-state index contributed by atoms with van der Waals surface area (Å²) in [5.41, 5.74) is 24.5. The molecule has 68 heavy (non-hydrogen) atoms. The molecule has 4 aliphatic rings. The summed E-state index contributed by atoms with van der Waals surface area (Å²) in [5.74, 6) is 0. The molecule has 2 heteroatoms. The normalized spacial score (nSPS) is 15.8. The second-order valence-electron chi connectivity index (χ2n) is 19.0. The molecule has 1 atom stereocenters. The van der Waals surface area contributed by atoms with E-state index < -0.39 is 10.8 Å². The number of aromatic nitrogens is 1. The number of para-hydroxylation sites is 3. The van der Waals surface area contributed by atoms with Crippen molar-refractivity contribution in [3.05, 3.63) is 287 Å². The van der Waals surface area contributed by atoms with E-state index in [0.717, 1.165) is 17.1 Å². The second kappa shape index (κ2) is 13.0. The van der Waals surface area contributed by atoms with E-state index in [9.17, 15) is 0 Å². The SMILES string of the molecule is c1ccc2c(c1)-c1ccccc1C21c2ccccc2-c2ccc(N(c3cccc4c3-c3ccccc3C43c4ccccc4-n4c5ccccc5c5cccc3c54)c3cccc4ccccc34)cc21. The summed E-state index contributed by atoms with van der Waals surface area (Å²) in [7, 11) is 0. The van der Waals surface area contributed by atoms with Gasteiger partial charge in [-0.15, -0.1) is 0 Å². The molecule has 2 spiro atoms. The van der Waals surface area contributed by atoms with Gasteiger partial charge in [-0.05, 0) is 114 Å². The molecule has 0 radical (unpaired) electrons. The lowest BCUT2D eigenvalue weighted by atomic mass is 9.65. The summed E-state index contributed by atoms with van der Waals surface area (Å²) in [6.45, 7) is 0. The standard InChI is InChI=1S/C66H40N2/c1-2-20-43-41(18-1)19-15-36-59(43)67(42-38-39-47-46-23-5-10-29-53(46)65(58(47)40-42)51-27-8-3-21-44(51)45-22-4-9-28-52(45)65)62-37-17-32-56-63(62)50-25-6-11-30-54(50)66(56)55-31-12-14-35-61(55)68-60-34-13-7-24-48(60)49-26-16-33-57(66)64(49)68/h1-40H. The molecule has 0 bridgehead atoms. The molecule has 1 aromatic heterocycles. The molecule has 314 valence electrons. The van der Waals surface area contributed by atoms with Gasteiger partial charge in [0, 0.05) is 27.4 Å². The molecule has 11 aromatic carbocycles. The highest BCUT2D eigenvalue weighted by molar-refractivity contribution is 6.13. The Balaban J connectivity index is 1.03. The Kier molecular flexibility index (Phi) is 6.98. The average Bonchev–Trinajstić information content (AvgIpc) is 4.10. The van der Waals surface area contributed by atoms with Crippen molar-refractivity contribution in [3.63, 3.8) is 0 Å². The first kappa shape index (κ1) is 36.5. The Labute approximate surface area is 394 Å². The maximum Gasteiger partial charge on any atom is 0.0755 e. The Morgan fingerprint density at radius 3 is 1.54 bits per heavy atom. The lowest BCUT2D eigenvalue weighted by molar-refractivity contribution is 0.748. The van der Waals surface area contributed by atoms with E-state index in [1.54, 1.807) is 0 Å². The fraction of sp³-hybridized carbons (Fsp3) is 0.0303. The van der Waals surface area contributed by atoms with Crippen molar-refractivity contribution in [3.8, 4) is 39.1 Å². The maximum absolute atomic E-state index is 2.59. The molecule has 2 heterocycles. The van der Waals surface area contributed by atoms with Crippen molar-refractivity contribution in [2.24, 2.45) is 0 Å². The number of fused-ring (bicyclic) bond motifs is 23. The minimum atomic E-state index is -0.576. The van der Waals surface area contributed by atoms with Gasteiger partial charge in [0.1, 0.15) is 0 Å². The summed E-state index contributed by atoms with van der Waals surface area (Å²) < 4.78 is 2.53. The van der Waals surface area contributed by atoms with Crippen molar-refractivity contribution < 1.29 is 0 Å². The van der Waals surface area contributed by atoms with Crippen LogP contribution in [0.5, 0.6) is 0 Å². The summed E-state index contributed by atoms with van der Waals surface area (Å²) in [4.78, 5) is 2.59. The predicted octanol–water partition coefficient (Wildman–Crippen LogP) is 16.4. The zero-order chi connectivity index (χ0) is 44.3. The van der Waals surface area contributed by atoms with Crippen molar-refractivity contribution in [1.29, 1.82) is 0 Å². The van der Waals surface area contributed by atoms with E-state index in [4.69, 9.17) is 0 Å². The Morgan fingerprint density at radius 2 is 0.794 bits per heavy atom. The summed E-state index contributed by atoms with van der Waals surface area (Å²) in [5, 5.41) is 4.99. The third-order valence-corrected chi connectivity index (χ3v) is 16.2. The number of benzene rings is 11. The van der Waals surface area contributed by atoms with Crippen molar-refractivity contribution in [2.75, 3.05) is 4.90 Å². The molecule has 2 nitrogen and oxygen atoms in total. The van der Waals surface area contributed by atoms with Crippen LogP contribution < -0.4 is 4.90 Å². The highest BCUT2D eigenvalue weighted by Crippen LogP contribution is 2.66. The first-order valence-electron chi connectivity index (χ1n) is 23.9. The van der Waals surface area contributed by atoms with E-state index in [2.05, 4.69) is 252 Å². The van der Waals surface area contributed by atoms with Crippen LogP contribution in [0.1, 0.15) is 44.5 Å². The van der Waals surface area contributed by atoms with Gasteiger partial charge in [-0.25, -0.2) is 0 Å². The van der Waals surface area contributed by atoms with Crippen molar-refractivity contribution in [1.82, 2.24) is 4.57 Å². The molecular weight excluding hydrogens is 821 g/mol. The minimum Gasteiger partial charge on any atom is -0.309 e. The van der Waals surface area contributed by atoms with Crippen LogP contribution in [-0.4, -0.2) is 4.57 Å². The highest BCUT2D eigenvalue weighted by atomic mass is 15.1. The topological polar surface area (TPSA) is 8.17 Å². The highest BCUT2D eigenvalue weighted by Gasteiger charge is 2.53. The van der Waals surface area contributed by atoms with Gasteiger partial charge in [0.05, 0.1) is 38.9 Å². The Morgan fingerprint density at radius 1 is 0.309 bits per heavy atom. The van der Waals surface area contributed by atoms with E-state index >= 15 is 0 Å². The monoisotopic (exact) mass is 860 g/mol. The molecular formula is C66H40N2. The second-order valence-corrected chi connectivity index (χ2v) is 19.0. The van der Waals surface area contributed by atoms with Gasteiger partial charge in [-0.2, -0.15) is 0 Å². The molecule has 3 aliphatic carbocycles. The molecule has 0 saturated heterocycles. The number of rotatable bonds is 3. The summed E-state index contributed by atoms with van der Waals surface area (Å²) in [6, 6.07) is 91.9. The predicted molar refractivity (Wildman–Crippen MR) is 280 cm³/mol. The van der Waals surface area contributed by atoms with Gasteiger partial charge in [0.2, 0.25) is 0 Å². The van der Waals surface area contributed by atoms with Crippen LogP contribution in [0.15, 0.2) is 243 Å². The molecule has 16 rings (SSSR count). The van der Waals surface area contributed by atoms with Crippen molar-refractivity contribution >= 4 is 49.6 Å². The van der Waals surface area contributed by atoms with E-state index in [1.165, 1.54) is 116 Å². The lowest BCUT2D eigenvalue weighted by Gasteiger charge is -2.39. The molecule has 0 fully saturated rings. The van der Waals surface area contributed by atoms with Crippen LogP contribution in [-0.2, 0) is 10.8 Å². The molecule has 12 aromatic rings. The minimum absolute atomic E-state index is 0.474. The van der Waals surface area contributed by atoms with E-state index in [0.29, 0.717) is 0 Å². The van der Waals surface area contributed by atoms with E-state index in [-0.39, 0.29) is 0 Å². The van der Waals surface area contributed by atoms with Gasteiger partial charge in [0.15, 0.2) is 0 Å². The number of hydrogen-bond acceptors (Lipinski definition) is 1. The van der Waals surface area contributed by atoms with Gasteiger partial charge in [-0.1, -0.05) is 206 Å². The Bertz CT molecular complexity index is 4120. The van der Waals surface area contributed by atoms with Gasteiger partial charge in [-0.3, -0.25) is 0 Å². The third kappa shape index (κ3) is 4.22. The fourth-order valence-electron chi connectivity index (χ4n) is 13.8. The van der Waals surface area contributed by atoms with Gasteiger partial charge >= 0.3 is 0 Å². The van der Waals surface area contributed by atoms with E-state index in [1.807, 2.05) is 0 Å². The zero-order valence-corrected chi connectivity index (χ0v) is 37.0. The van der Waals surface area contributed by atoms with Crippen LogP contribution in [0.25, 0.3) is 71.6 Å². The van der Waals surface area contributed by atoms with Crippen LogP contribution >= 0.6 is 0 Å². The van der Waals surface area contributed by atoms with Crippen LogP contribution in [0.3, 0.4) is 0 Å². The smallest absolute Gasteiger partial charge is 0.0755 e. The first-order chi connectivity index (χ1) is 33.8. The number of nitrogens with zero attached hydrogens (tertiary/aromatic N) is 2. The molecule has 1 aliphatic heterocycles. The van der Waals surface area contributed by atoms with Gasteiger partial charge in [0.25, 0.3) is 0 Å². The van der Waals surface area contributed by atoms with Crippen molar-refractivity contribution in [2.45, 2.75) is 10.8 Å². The lowest BCUT2D eigenvalue weighted by Crippen LogP contribution is -2.33. The number of hydrogen-bond donors (Lipinski definition) is 0. The largest absolute Gasteiger partial charge is 0.309 e. The Hall–Kier alpha value is -8.72. The van der Waals surface area contributed by atoms with Crippen LogP contribution in [0.4, 0.5) is 17.1 Å². The van der Waals surface area contributed by atoms with Crippen LogP contribution in [0, 0.1) is 0 Å². The molecule has 0 N–H and O–H groups in total. The first-order valence-corrected chi connectivity index (χ1v) is 23.9. The summed E-state index contributed by atoms with van der Waals surface area (Å²) >= 11 is 0. The summed E-state index contributed by atoms with van der Waals surface area (Å²) in [6.07, 6.45) is 0.